The molecule has 2 rings (SSSR count). The molecule has 0 N–H and O–H groups in total. The highest BCUT2D eigenvalue weighted by atomic mass is 16.6. The van der Waals surface area contributed by atoms with Gasteiger partial charge in [-0.25, -0.2) is 4.98 Å². The van der Waals surface area contributed by atoms with E-state index < -0.39 is 5.60 Å². The molecule has 116 valence electrons. The van der Waals surface area contributed by atoms with Gasteiger partial charge in [-0.15, -0.1) is 0 Å². The Morgan fingerprint density at radius 3 is 2.86 bits per heavy atom. The molecule has 1 atom stereocenters. The van der Waals surface area contributed by atoms with E-state index in [0.717, 1.165) is 25.1 Å². The van der Waals surface area contributed by atoms with Crippen molar-refractivity contribution >= 4 is 5.97 Å². The van der Waals surface area contributed by atoms with Gasteiger partial charge in [-0.2, -0.15) is 0 Å². The van der Waals surface area contributed by atoms with Crippen molar-refractivity contribution in [2.75, 3.05) is 13.7 Å². The molecule has 0 saturated carbocycles. The van der Waals surface area contributed by atoms with Gasteiger partial charge < -0.3 is 9.47 Å². The Balaban J connectivity index is 2.03. The molecule has 5 heteroatoms. The Bertz CT molecular complexity index is 497. The number of pyridine rings is 1. The molecular formula is C16H24N2O3. The number of methoxy groups -OCH3 is 1. The molecule has 5 nitrogen and oxygen atoms in total. The molecule has 0 amide bonds. The number of aromatic nitrogens is 1. The minimum Gasteiger partial charge on any atom is -0.481 e. The van der Waals surface area contributed by atoms with Crippen LogP contribution in [0.25, 0.3) is 0 Å². The van der Waals surface area contributed by atoms with Crippen molar-refractivity contribution in [2.45, 2.75) is 51.8 Å². The van der Waals surface area contributed by atoms with Crippen LogP contribution in [-0.2, 0) is 16.1 Å². The minimum absolute atomic E-state index is 0.136. The van der Waals surface area contributed by atoms with E-state index in [2.05, 4.69) is 9.88 Å². The highest BCUT2D eigenvalue weighted by Crippen LogP contribution is 2.23. The molecule has 0 bridgehead atoms. The fourth-order valence-corrected chi connectivity index (χ4v) is 2.52. The average molecular weight is 292 g/mol. The van der Waals surface area contributed by atoms with E-state index in [1.807, 2.05) is 39.0 Å². The third-order valence-electron chi connectivity index (χ3n) is 3.40. The second-order valence-electron chi connectivity index (χ2n) is 6.33. The van der Waals surface area contributed by atoms with Crippen LogP contribution < -0.4 is 4.74 Å². The Kier molecular flexibility index (Phi) is 4.83. The molecule has 0 aliphatic carbocycles. The van der Waals surface area contributed by atoms with Crippen LogP contribution in [0.2, 0.25) is 0 Å². The molecule has 1 aliphatic rings. The van der Waals surface area contributed by atoms with Gasteiger partial charge in [-0.1, -0.05) is 6.07 Å². The summed E-state index contributed by atoms with van der Waals surface area (Å²) in [5, 5.41) is 0. The third-order valence-corrected chi connectivity index (χ3v) is 3.40. The van der Waals surface area contributed by atoms with E-state index in [1.165, 1.54) is 0 Å². The largest absolute Gasteiger partial charge is 0.481 e. The molecule has 0 unspecified atom stereocenters. The second kappa shape index (κ2) is 6.43. The van der Waals surface area contributed by atoms with Crippen LogP contribution >= 0.6 is 0 Å². The van der Waals surface area contributed by atoms with Gasteiger partial charge in [0.05, 0.1) is 12.8 Å². The molecule has 1 aromatic rings. The lowest BCUT2D eigenvalue weighted by Gasteiger charge is -2.27. The van der Waals surface area contributed by atoms with Crippen molar-refractivity contribution in [1.82, 2.24) is 9.88 Å². The van der Waals surface area contributed by atoms with Gasteiger partial charge in [0.25, 0.3) is 0 Å². The number of hydrogen-bond donors (Lipinski definition) is 0. The number of ether oxygens (including phenoxy) is 2. The summed E-state index contributed by atoms with van der Waals surface area (Å²) in [7, 11) is 1.60. The average Bonchev–Trinajstić information content (AvgIpc) is 2.85. The number of carbonyl (C=O) groups is 1. The highest BCUT2D eigenvalue weighted by molar-refractivity contribution is 5.76. The summed E-state index contributed by atoms with van der Waals surface area (Å²) in [6.45, 7) is 7.22. The zero-order valence-electron chi connectivity index (χ0n) is 13.3. The lowest BCUT2D eigenvalue weighted by Crippen LogP contribution is -2.40. The highest BCUT2D eigenvalue weighted by Gasteiger charge is 2.34. The van der Waals surface area contributed by atoms with Gasteiger partial charge in [0.1, 0.15) is 11.6 Å². The zero-order chi connectivity index (χ0) is 15.5. The van der Waals surface area contributed by atoms with Crippen LogP contribution in [0.4, 0.5) is 0 Å². The SMILES string of the molecule is COc1cccc(CN2CCC[C@@H]2C(=O)OC(C)(C)C)n1. The third kappa shape index (κ3) is 4.43. The quantitative estimate of drug-likeness (QED) is 0.798. The lowest BCUT2D eigenvalue weighted by atomic mass is 10.1. The van der Waals surface area contributed by atoms with Crippen molar-refractivity contribution in [2.24, 2.45) is 0 Å². The Labute approximate surface area is 126 Å². The molecule has 1 fully saturated rings. The van der Waals surface area contributed by atoms with E-state index in [0.29, 0.717) is 12.4 Å². The predicted molar refractivity (Wildman–Crippen MR) is 80.1 cm³/mol. The summed E-state index contributed by atoms with van der Waals surface area (Å²) in [4.78, 5) is 18.8. The molecule has 1 saturated heterocycles. The maximum Gasteiger partial charge on any atom is 0.323 e. The van der Waals surface area contributed by atoms with Gasteiger partial charge in [-0.3, -0.25) is 9.69 Å². The standard InChI is InChI=1S/C16H24N2O3/c1-16(2,3)21-15(19)13-8-6-10-18(13)11-12-7-5-9-14(17-12)20-4/h5,7,9,13H,6,8,10-11H2,1-4H3/t13-/m1/s1. The Hall–Kier alpha value is -1.62. The number of esters is 1. The van der Waals surface area contributed by atoms with Crippen molar-refractivity contribution < 1.29 is 14.3 Å². The summed E-state index contributed by atoms with van der Waals surface area (Å²) < 4.78 is 10.6. The topological polar surface area (TPSA) is 51.7 Å². The van der Waals surface area contributed by atoms with Gasteiger partial charge >= 0.3 is 5.97 Å². The monoisotopic (exact) mass is 292 g/mol. The minimum atomic E-state index is -0.445. The van der Waals surface area contributed by atoms with Crippen LogP contribution in [0.1, 0.15) is 39.3 Å². The van der Waals surface area contributed by atoms with E-state index in [4.69, 9.17) is 9.47 Å². The molecule has 1 aromatic heterocycles. The zero-order valence-corrected chi connectivity index (χ0v) is 13.3. The molecule has 1 aliphatic heterocycles. The fraction of sp³-hybridized carbons (Fsp3) is 0.625. The van der Waals surface area contributed by atoms with Crippen LogP contribution in [-0.4, -0.2) is 41.2 Å². The van der Waals surface area contributed by atoms with Crippen LogP contribution in [0.15, 0.2) is 18.2 Å². The van der Waals surface area contributed by atoms with E-state index >= 15 is 0 Å². The lowest BCUT2D eigenvalue weighted by molar-refractivity contribution is -0.160. The fourth-order valence-electron chi connectivity index (χ4n) is 2.52. The smallest absolute Gasteiger partial charge is 0.323 e. The molecule has 21 heavy (non-hydrogen) atoms. The van der Waals surface area contributed by atoms with Crippen molar-refractivity contribution in [3.8, 4) is 5.88 Å². The molecule has 0 aromatic carbocycles. The summed E-state index contributed by atoms with van der Waals surface area (Å²) in [6, 6.07) is 5.52. The molecule has 0 radical (unpaired) electrons. The van der Waals surface area contributed by atoms with Crippen LogP contribution in [0, 0.1) is 0 Å². The number of carbonyl (C=O) groups excluding carboxylic acids is 1. The predicted octanol–water partition coefficient (Wildman–Crippen LogP) is 2.40. The van der Waals surface area contributed by atoms with Crippen LogP contribution in [0.5, 0.6) is 5.88 Å². The van der Waals surface area contributed by atoms with Gasteiger partial charge in [0.15, 0.2) is 0 Å². The van der Waals surface area contributed by atoms with E-state index in [-0.39, 0.29) is 12.0 Å². The van der Waals surface area contributed by atoms with Crippen LogP contribution in [0.3, 0.4) is 0 Å². The number of rotatable bonds is 4. The molecule has 0 spiro atoms. The summed E-state index contributed by atoms with van der Waals surface area (Å²) in [5.74, 6) is 0.461. The summed E-state index contributed by atoms with van der Waals surface area (Å²) in [6.07, 6.45) is 1.85. The summed E-state index contributed by atoms with van der Waals surface area (Å²) in [5.41, 5.74) is 0.462. The maximum atomic E-state index is 12.3. The number of nitrogens with zero attached hydrogens (tertiary/aromatic N) is 2. The second-order valence-corrected chi connectivity index (χ2v) is 6.33. The van der Waals surface area contributed by atoms with Gasteiger partial charge in [0.2, 0.25) is 5.88 Å². The van der Waals surface area contributed by atoms with Gasteiger partial charge in [0, 0.05) is 12.6 Å². The normalized spacial score (nSPS) is 19.5. The molecule has 2 heterocycles. The first-order valence-electron chi connectivity index (χ1n) is 7.36. The summed E-state index contributed by atoms with van der Waals surface area (Å²) >= 11 is 0. The Morgan fingerprint density at radius 2 is 2.19 bits per heavy atom. The first-order valence-corrected chi connectivity index (χ1v) is 7.36. The van der Waals surface area contributed by atoms with Crippen molar-refractivity contribution in [3.05, 3.63) is 23.9 Å². The van der Waals surface area contributed by atoms with Gasteiger partial charge in [-0.05, 0) is 46.2 Å². The number of hydrogen-bond acceptors (Lipinski definition) is 5. The first kappa shape index (κ1) is 15.8. The number of likely N-dealkylation sites (tertiary alicyclic amines) is 1. The van der Waals surface area contributed by atoms with E-state index in [9.17, 15) is 4.79 Å². The van der Waals surface area contributed by atoms with E-state index in [1.54, 1.807) is 7.11 Å². The van der Waals surface area contributed by atoms with Crippen molar-refractivity contribution in [3.63, 3.8) is 0 Å². The van der Waals surface area contributed by atoms with Crippen molar-refractivity contribution in [1.29, 1.82) is 0 Å². The first-order chi connectivity index (χ1) is 9.89. The Morgan fingerprint density at radius 1 is 1.43 bits per heavy atom. The molecular weight excluding hydrogens is 268 g/mol. The maximum absolute atomic E-state index is 12.3.